The van der Waals surface area contributed by atoms with Gasteiger partial charge in [0.05, 0.1) is 37.2 Å². The lowest BCUT2D eigenvalue weighted by Gasteiger charge is -2.13. The first-order chi connectivity index (χ1) is 15.0. The highest BCUT2D eigenvalue weighted by Gasteiger charge is 2.32. The second kappa shape index (κ2) is 9.82. The minimum Gasteiger partial charge on any atom is -0.493 e. The molecule has 0 fully saturated rings. The van der Waals surface area contributed by atoms with Crippen molar-refractivity contribution in [3.63, 3.8) is 0 Å². The summed E-state index contributed by atoms with van der Waals surface area (Å²) in [6.07, 6.45) is 0. The van der Waals surface area contributed by atoms with E-state index in [1.54, 1.807) is 36.4 Å². The van der Waals surface area contributed by atoms with E-state index in [0.717, 1.165) is 3.57 Å². The first-order valence-electron chi connectivity index (χ1n) is 9.32. The van der Waals surface area contributed by atoms with E-state index in [9.17, 15) is 9.59 Å². The molecule has 0 unspecified atom stereocenters. The Morgan fingerprint density at radius 1 is 1.03 bits per heavy atom. The van der Waals surface area contributed by atoms with Crippen molar-refractivity contribution in [2.45, 2.75) is 6.92 Å². The molecule has 0 saturated carbocycles. The average molecular weight is 536 g/mol. The SMILES string of the molecule is CCOc1c(I)cc(-c2nn(-c3ccccc3)c(C(=O)OC)c2C(=O)OC)cc1OC. The molecule has 0 bridgehead atoms. The zero-order valence-electron chi connectivity index (χ0n) is 17.5. The Morgan fingerprint density at radius 3 is 2.29 bits per heavy atom. The number of nitrogens with zero attached hydrogens (tertiary/aromatic N) is 2. The first kappa shape index (κ1) is 22.6. The van der Waals surface area contributed by atoms with Gasteiger partial charge in [0.1, 0.15) is 11.3 Å². The fourth-order valence-corrected chi connectivity index (χ4v) is 3.85. The third kappa shape index (κ3) is 4.36. The highest BCUT2D eigenvalue weighted by molar-refractivity contribution is 14.1. The molecule has 0 N–H and O–H groups in total. The van der Waals surface area contributed by atoms with Gasteiger partial charge in [0.2, 0.25) is 0 Å². The van der Waals surface area contributed by atoms with Gasteiger partial charge in [-0.3, -0.25) is 0 Å². The predicted octanol–water partition coefficient (Wildman–Crippen LogP) is 4.12. The Morgan fingerprint density at radius 2 is 1.71 bits per heavy atom. The van der Waals surface area contributed by atoms with Crippen LogP contribution in [0.3, 0.4) is 0 Å². The number of para-hydroxylation sites is 1. The van der Waals surface area contributed by atoms with Gasteiger partial charge in [-0.1, -0.05) is 18.2 Å². The minimum absolute atomic E-state index is 0.000200. The summed E-state index contributed by atoms with van der Waals surface area (Å²) in [5.41, 5.74) is 1.38. The van der Waals surface area contributed by atoms with Crippen LogP contribution < -0.4 is 9.47 Å². The van der Waals surface area contributed by atoms with E-state index in [1.807, 2.05) is 13.0 Å². The molecule has 2 aromatic carbocycles. The first-order valence-corrected chi connectivity index (χ1v) is 10.4. The van der Waals surface area contributed by atoms with Crippen LogP contribution in [-0.2, 0) is 9.47 Å². The van der Waals surface area contributed by atoms with Crippen molar-refractivity contribution < 1.29 is 28.5 Å². The summed E-state index contributed by atoms with van der Waals surface area (Å²) in [4.78, 5) is 25.4. The molecule has 8 nitrogen and oxygen atoms in total. The van der Waals surface area contributed by atoms with E-state index >= 15 is 0 Å². The van der Waals surface area contributed by atoms with Crippen LogP contribution in [0.5, 0.6) is 11.5 Å². The molecule has 1 heterocycles. The molecule has 0 aliphatic rings. The number of carbonyl (C=O) groups excluding carboxylic acids is 2. The van der Waals surface area contributed by atoms with Gasteiger partial charge in [0.15, 0.2) is 17.2 Å². The normalized spacial score (nSPS) is 10.5. The lowest BCUT2D eigenvalue weighted by atomic mass is 10.0. The van der Waals surface area contributed by atoms with Crippen LogP contribution in [-0.4, -0.2) is 49.7 Å². The zero-order valence-corrected chi connectivity index (χ0v) is 19.6. The molecule has 0 saturated heterocycles. The van der Waals surface area contributed by atoms with E-state index in [0.29, 0.717) is 29.4 Å². The largest absolute Gasteiger partial charge is 0.493 e. The number of ether oxygens (including phenoxy) is 4. The third-order valence-electron chi connectivity index (χ3n) is 4.45. The Balaban J connectivity index is 2.35. The Bertz CT molecular complexity index is 1110. The average Bonchev–Trinajstić information content (AvgIpc) is 3.20. The van der Waals surface area contributed by atoms with Crippen LogP contribution >= 0.6 is 22.6 Å². The molecule has 0 atom stereocenters. The van der Waals surface area contributed by atoms with Crippen molar-refractivity contribution in [2.75, 3.05) is 27.9 Å². The van der Waals surface area contributed by atoms with Crippen molar-refractivity contribution in [1.29, 1.82) is 0 Å². The van der Waals surface area contributed by atoms with Crippen molar-refractivity contribution in [3.8, 4) is 28.4 Å². The summed E-state index contributed by atoms with van der Waals surface area (Å²) in [7, 11) is 4.02. The van der Waals surface area contributed by atoms with Gasteiger partial charge in [0, 0.05) is 5.56 Å². The topological polar surface area (TPSA) is 88.9 Å². The minimum atomic E-state index is -0.712. The second-order valence-electron chi connectivity index (χ2n) is 6.23. The molecule has 162 valence electrons. The van der Waals surface area contributed by atoms with Crippen LogP contribution in [0, 0.1) is 3.57 Å². The van der Waals surface area contributed by atoms with E-state index in [4.69, 9.17) is 18.9 Å². The van der Waals surface area contributed by atoms with E-state index in [-0.39, 0.29) is 17.0 Å². The van der Waals surface area contributed by atoms with E-state index in [2.05, 4.69) is 27.7 Å². The molecule has 0 radical (unpaired) electrons. The van der Waals surface area contributed by atoms with Crippen LogP contribution in [0.25, 0.3) is 16.9 Å². The maximum atomic E-state index is 12.8. The molecule has 0 spiro atoms. The quantitative estimate of drug-likeness (QED) is 0.332. The number of esters is 2. The van der Waals surface area contributed by atoms with Crippen LogP contribution in [0.2, 0.25) is 0 Å². The molecule has 3 aromatic rings. The summed E-state index contributed by atoms with van der Waals surface area (Å²) in [5.74, 6) is -0.353. The van der Waals surface area contributed by atoms with Crippen molar-refractivity contribution >= 4 is 34.5 Å². The van der Waals surface area contributed by atoms with Crippen molar-refractivity contribution in [1.82, 2.24) is 9.78 Å². The number of rotatable bonds is 7. The van der Waals surface area contributed by atoms with Crippen LogP contribution in [0.4, 0.5) is 0 Å². The summed E-state index contributed by atoms with van der Waals surface area (Å²) >= 11 is 2.12. The molecule has 9 heteroatoms. The van der Waals surface area contributed by atoms with Gasteiger partial charge in [0.25, 0.3) is 0 Å². The van der Waals surface area contributed by atoms with Gasteiger partial charge in [-0.15, -0.1) is 0 Å². The molecule has 31 heavy (non-hydrogen) atoms. The summed E-state index contributed by atoms with van der Waals surface area (Å²) in [6.45, 7) is 2.34. The highest BCUT2D eigenvalue weighted by Crippen LogP contribution is 2.39. The smallest absolute Gasteiger partial charge is 0.357 e. The van der Waals surface area contributed by atoms with Crippen molar-refractivity contribution in [2.24, 2.45) is 0 Å². The maximum Gasteiger partial charge on any atom is 0.357 e. The molecule has 0 amide bonds. The number of benzene rings is 2. The number of methoxy groups -OCH3 is 3. The molecule has 0 aliphatic heterocycles. The molecule has 0 aliphatic carbocycles. The molecule has 1 aromatic heterocycles. The van der Waals surface area contributed by atoms with Gasteiger partial charge < -0.3 is 18.9 Å². The maximum absolute atomic E-state index is 12.8. The van der Waals surface area contributed by atoms with Crippen LogP contribution in [0.1, 0.15) is 27.8 Å². The second-order valence-corrected chi connectivity index (χ2v) is 7.39. The Kier molecular flexibility index (Phi) is 7.16. The van der Waals surface area contributed by atoms with Crippen LogP contribution in [0.15, 0.2) is 42.5 Å². The number of aromatic nitrogens is 2. The van der Waals surface area contributed by atoms with Gasteiger partial charge >= 0.3 is 11.9 Å². The molecular formula is C22H21IN2O6. The Hall–Kier alpha value is -3.08. The molecule has 3 rings (SSSR count). The third-order valence-corrected chi connectivity index (χ3v) is 5.25. The number of hydrogen-bond donors (Lipinski definition) is 0. The number of hydrogen-bond acceptors (Lipinski definition) is 7. The highest BCUT2D eigenvalue weighted by atomic mass is 127. The van der Waals surface area contributed by atoms with Gasteiger partial charge in [-0.05, 0) is 53.8 Å². The Labute approximate surface area is 193 Å². The van der Waals surface area contributed by atoms with Crippen molar-refractivity contribution in [3.05, 3.63) is 57.3 Å². The lowest BCUT2D eigenvalue weighted by molar-refractivity contribution is 0.0549. The summed E-state index contributed by atoms with van der Waals surface area (Å²) < 4.78 is 23.2. The standard InChI is InChI=1S/C22H21IN2O6/c1-5-31-20-15(23)11-13(12-16(20)28-2)18-17(21(26)29-3)19(22(27)30-4)25(24-18)14-9-7-6-8-10-14/h6-12H,5H2,1-4H3. The monoisotopic (exact) mass is 536 g/mol. The fourth-order valence-electron chi connectivity index (χ4n) is 3.10. The predicted molar refractivity (Wildman–Crippen MR) is 122 cm³/mol. The van der Waals surface area contributed by atoms with Gasteiger partial charge in [-0.2, -0.15) is 5.10 Å². The lowest BCUT2D eigenvalue weighted by Crippen LogP contribution is -2.15. The summed E-state index contributed by atoms with van der Waals surface area (Å²) in [6, 6.07) is 12.5. The zero-order chi connectivity index (χ0) is 22.5. The molecular weight excluding hydrogens is 515 g/mol. The summed E-state index contributed by atoms with van der Waals surface area (Å²) in [5, 5.41) is 4.60. The number of halogens is 1. The van der Waals surface area contributed by atoms with Gasteiger partial charge in [-0.25, -0.2) is 14.3 Å². The van der Waals surface area contributed by atoms with E-state index < -0.39 is 11.9 Å². The number of carbonyl (C=O) groups is 2. The van der Waals surface area contributed by atoms with E-state index in [1.165, 1.54) is 26.0 Å². The fraction of sp³-hybridized carbons (Fsp3) is 0.227.